The molecule has 148 valence electrons. The molecule has 3 heterocycles. The molecule has 1 amide bonds. The van der Waals surface area contributed by atoms with Crippen LogP contribution < -0.4 is 20.4 Å². The van der Waals surface area contributed by atoms with E-state index in [1.54, 1.807) is 6.07 Å². The van der Waals surface area contributed by atoms with Gasteiger partial charge in [0.2, 0.25) is 5.91 Å². The number of nitrogens with two attached hydrogens (primary N) is 1. The van der Waals surface area contributed by atoms with Crippen LogP contribution in [0, 0.1) is 0 Å². The Morgan fingerprint density at radius 2 is 2.11 bits per heavy atom. The van der Waals surface area contributed by atoms with Gasteiger partial charge in [0.25, 0.3) is 0 Å². The molecule has 10 heteroatoms. The molecule has 0 aromatic heterocycles. The van der Waals surface area contributed by atoms with Crippen molar-refractivity contribution in [1.29, 1.82) is 0 Å². The number of primary amides is 1. The molecule has 1 aliphatic carbocycles. The first-order chi connectivity index (χ1) is 13.4. The third-order valence-electron chi connectivity index (χ3n) is 6.35. The number of nitrogens with zero attached hydrogens (tertiary/aromatic N) is 1. The number of carbonyl (C=O) groups is 2. The highest BCUT2D eigenvalue weighted by atomic mass is 16.5. The van der Waals surface area contributed by atoms with Crippen LogP contribution >= 0.6 is 0 Å². The van der Waals surface area contributed by atoms with Crippen molar-refractivity contribution in [3.8, 4) is 11.5 Å². The topological polar surface area (TPSA) is 134 Å². The fourth-order valence-electron chi connectivity index (χ4n) is 4.63. The Balaban J connectivity index is 1.28. The lowest BCUT2D eigenvalue weighted by molar-refractivity contribution is -0.119. The normalized spacial score (nSPS) is 31.4. The molecular weight excluding hydrogens is 365 g/mol. The molecule has 5 N–H and O–H groups in total. The van der Waals surface area contributed by atoms with E-state index in [1.165, 1.54) is 0 Å². The first kappa shape index (κ1) is 17.8. The summed E-state index contributed by atoms with van der Waals surface area (Å²) < 4.78 is 11.5. The average Bonchev–Trinajstić information content (AvgIpc) is 3.27. The second-order valence-electron chi connectivity index (χ2n) is 8.12. The van der Waals surface area contributed by atoms with Gasteiger partial charge < -0.3 is 30.6 Å². The summed E-state index contributed by atoms with van der Waals surface area (Å²) in [4.78, 5) is 25.4. The molecular formula is C18H22BN3O6. The fraction of sp³-hybridized carbons (Fsp3) is 0.556. The number of carboxylic acids is 1. The molecule has 28 heavy (non-hydrogen) atoms. The van der Waals surface area contributed by atoms with E-state index in [9.17, 15) is 19.7 Å². The van der Waals surface area contributed by atoms with Gasteiger partial charge in [-0.05, 0) is 30.4 Å². The van der Waals surface area contributed by atoms with Crippen LogP contribution in [0.25, 0.3) is 0 Å². The molecule has 1 aromatic rings. The predicted octanol–water partition coefficient (Wildman–Crippen LogP) is -0.606. The van der Waals surface area contributed by atoms with Gasteiger partial charge in [-0.1, -0.05) is 6.07 Å². The summed E-state index contributed by atoms with van der Waals surface area (Å²) in [7, 11) is -0.960. The molecule has 0 spiro atoms. The molecule has 3 aliphatic heterocycles. The van der Waals surface area contributed by atoms with Gasteiger partial charge in [0.15, 0.2) is 0 Å². The number of likely N-dealkylation sites (tertiary alicyclic amines) is 1. The highest BCUT2D eigenvalue weighted by molar-refractivity contribution is 6.48. The number of nitrogens with one attached hydrogen (secondary N) is 1. The third kappa shape index (κ3) is 2.83. The molecule has 5 rings (SSSR count). The summed E-state index contributed by atoms with van der Waals surface area (Å²) in [6, 6.07) is 3.48. The van der Waals surface area contributed by atoms with Gasteiger partial charge in [0.1, 0.15) is 23.2 Å². The van der Waals surface area contributed by atoms with Gasteiger partial charge in [-0.3, -0.25) is 9.69 Å². The molecule has 4 atom stereocenters. The van der Waals surface area contributed by atoms with Gasteiger partial charge in [-0.15, -0.1) is 0 Å². The molecule has 1 saturated carbocycles. The van der Waals surface area contributed by atoms with Crippen LogP contribution in [0.15, 0.2) is 12.1 Å². The average molecular weight is 387 g/mol. The Bertz CT molecular complexity index is 845. The van der Waals surface area contributed by atoms with Crippen molar-refractivity contribution < 1.29 is 29.1 Å². The lowest BCUT2D eigenvalue weighted by Crippen LogP contribution is -2.58. The zero-order chi connectivity index (χ0) is 19.6. The van der Waals surface area contributed by atoms with Gasteiger partial charge in [0, 0.05) is 31.5 Å². The van der Waals surface area contributed by atoms with Crippen LogP contribution in [0.3, 0.4) is 0 Å². The zero-order valence-corrected chi connectivity index (χ0v) is 15.2. The fourth-order valence-corrected chi connectivity index (χ4v) is 4.63. The third-order valence-corrected chi connectivity index (χ3v) is 6.35. The van der Waals surface area contributed by atoms with Gasteiger partial charge in [-0.2, -0.15) is 0 Å². The minimum absolute atomic E-state index is 0.0170. The number of rotatable bonds is 5. The molecule has 1 unspecified atom stereocenters. The highest BCUT2D eigenvalue weighted by Gasteiger charge is 2.54. The van der Waals surface area contributed by atoms with E-state index in [-0.39, 0.29) is 52.9 Å². The minimum Gasteiger partial charge on any atom is -0.535 e. The number of carbonyl (C=O) groups excluding carboxylic acids is 1. The number of ether oxygens (including phenoxy) is 1. The summed E-state index contributed by atoms with van der Waals surface area (Å²) in [6.07, 6.45) is 1.36. The Labute approximate surface area is 161 Å². The van der Waals surface area contributed by atoms with Crippen LogP contribution in [0.5, 0.6) is 11.5 Å². The maximum absolute atomic E-state index is 11.9. The molecule has 0 bridgehead atoms. The quantitative estimate of drug-likeness (QED) is 0.492. The molecule has 2 saturated heterocycles. The predicted molar refractivity (Wildman–Crippen MR) is 98.5 cm³/mol. The van der Waals surface area contributed by atoms with Crippen LogP contribution in [0.2, 0.25) is 5.82 Å². The Kier molecular flexibility index (Phi) is 4.04. The van der Waals surface area contributed by atoms with E-state index in [0.717, 1.165) is 12.0 Å². The smallest absolute Gasteiger partial charge is 0.526 e. The number of hydrogen-bond donors (Lipinski definition) is 4. The van der Waals surface area contributed by atoms with Crippen molar-refractivity contribution in [2.75, 3.05) is 19.6 Å². The SMILES string of the molecule is NC(=O)[C@H]1C[C@H](N2CC(Oc3ccc4c(c3C(=O)O)OB(O)[C@@H]3CC43)C2)CN1. The van der Waals surface area contributed by atoms with Gasteiger partial charge >= 0.3 is 13.1 Å². The molecule has 4 aliphatic rings. The monoisotopic (exact) mass is 387 g/mol. The molecule has 3 fully saturated rings. The number of aromatic carboxylic acids is 1. The number of amides is 1. The number of fused-ring (bicyclic) bond motifs is 3. The maximum Gasteiger partial charge on any atom is 0.526 e. The van der Waals surface area contributed by atoms with E-state index < -0.39 is 13.1 Å². The van der Waals surface area contributed by atoms with Crippen molar-refractivity contribution in [3.63, 3.8) is 0 Å². The second-order valence-corrected chi connectivity index (χ2v) is 8.12. The molecule has 0 radical (unpaired) electrons. The van der Waals surface area contributed by atoms with Crippen molar-refractivity contribution in [2.24, 2.45) is 5.73 Å². The van der Waals surface area contributed by atoms with Crippen molar-refractivity contribution >= 4 is 19.0 Å². The van der Waals surface area contributed by atoms with Crippen molar-refractivity contribution in [3.05, 3.63) is 23.3 Å². The van der Waals surface area contributed by atoms with Crippen LogP contribution in [-0.4, -0.2) is 71.8 Å². The Hall–Kier alpha value is -2.30. The zero-order valence-electron chi connectivity index (χ0n) is 15.2. The van der Waals surface area contributed by atoms with Crippen LogP contribution in [0.1, 0.15) is 34.7 Å². The minimum atomic E-state index is -1.13. The molecule has 9 nitrogen and oxygen atoms in total. The van der Waals surface area contributed by atoms with Crippen LogP contribution in [0.4, 0.5) is 0 Å². The lowest BCUT2D eigenvalue weighted by Gasteiger charge is -2.42. The van der Waals surface area contributed by atoms with E-state index in [1.807, 2.05) is 6.07 Å². The van der Waals surface area contributed by atoms with Crippen molar-refractivity contribution in [2.45, 2.75) is 42.8 Å². The van der Waals surface area contributed by atoms with E-state index >= 15 is 0 Å². The van der Waals surface area contributed by atoms with Gasteiger partial charge in [0.05, 0.1) is 6.04 Å². The molecule has 1 aromatic carbocycles. The number of carboxylic acid groups (broad SMARTS) is 1. The summed E-state index contributed by atoms with van der Waals surface area (Å²) >= 11 is 0. The van der Waals surface area contributed by atoms with Crippen molar-refractivity contribution in [1.82, 2.24) is 10.2 Å². The Morgan fingerprint density at radius 1 is 1.32 bits per heavy atom. The first-order valence-corrected chi connectivity index (χ1v) is 9.60. The summed E-state index contributed by atoms with van der Waals surface area (Å²) in [6.45, 7) is 2.01. The van der Waals surface area contributed by atoms with E-state index in [0.29, 0.717) is 26.1 Å². The second kappa shape index (κ2) is 6.36. The highest BCUT2D eigenvalue weighted by Crippen LogP contribution is 2.60. The standard InChI is InChI=1S/C18H22BN3O6/c20-17(23)13-3-8(5-21-13)22-6-9(7-22)27-14-2-1-10-11-4-12(11)19(26)28-16(10)15(14)18(24)25/h1-2,8-9,11-13,21,26H,3-7H2,(H2,20,23)(H,24,25)/t8-,11?,12+,13+/m0/s1. The van der Waals surface area contributed by atoms with Gasteiger partial charge in [-0.25, -0.2) is 4.79 Å². The summed E-state index contributed by atoms with van der Waals surface area (Å²) in [5.41, 5.74) is 6.16. The Morgan fingerprint density at radius 3 is 2.79 bits per heavy atom. The maximum atomic E-state index is 11.9. The number of hydrogen-bond acceptors (Lipinski definition) is 7. The summed E-state index contributed by atoms with van der Waals surface area (Å²) in [5, 5.41) is 22.8. The van der Waals surface area contributed by atoms with E-state index in [2.05, 4.69) is 10.2 Å². The summed E-state index contributed by atoms with van der Waals surface area (Å²) in [5.74, 6) is -0.739. The van der Waals surface area contributed by atoms with E-state index in [4.69, 9.17) is 15.1 Å². The first-order valence-electron chi connectivity index (χ1n) is 9.60. The number of benzene rings is 1. The lowest BCUT2D eigenvalue weighted by atomic mass is 9.77. The largest absolute Gasteiger partial charge is 0.535 e. The van der Waals surface area contributed by atoms with Crippen LogP contribution in [-0.2, 0) is 4.79 Å².